The molecule has 0 spiro atoms. The van der Waals surface area contributed by atoms with Crippen molar-refractivity contribution in [2.45, 2.75) is 6.54 Å². The smallest absolute Gasteiger partial charge is 0.257 e. The lowest BCUT2D eigenvalue weighted by atomic mass is 10.1. The number of aromatic hydroxyl groups is 1. The van der Waals surface area contributed by atoms with Gasteiger partial charge in [0.25, 0.3) is 5.91 Å². The lowest BCUT2D eigenvalue weighted by molar-refractivity contribution is 0.0952. The normalized spacial score (nSPS) is 10.8. The lowest BCUT2D eigenvalue weighted by Gasteiger charge is -2.09. The first-order chi connectivity index (χ1) is 14.1. The Bertz CT molecular complexity index is 1190. The molecule has 2 aromatic carbocycles. The Morgan fingerprint density at radius 3 is 2.76 bits per heavy atom. The van der Waals surface area contributed by atoms with Gasteiger partial charge < -0.3 is 15.2 Å². The van der Waals surface area contributed by atoms with E-state index in [2.05, 4.69) is 31.3 Å². The zero-order chi connectivity index (χ0) is 20.4. The van der Waals surface area contributed by atoms with Gasteiger partial charge in [-0.25, -0.2) is 4.98 Å². The van der Waals surface area contributed by atoms with Crippen LogP contribution in [0, 0.1) is 0 Å². The summed E-state index contributed by atoms with van der Waals surface area (Å²) >= 11 is 3.50. The molecule has 0 fully saturated rings. The summed E-state index contributed by atoms with van der Waals surface area (Å²) in [5, 5.41) is 17.4. The van der Waals surface area contributed by atoms with Crippen molar-refractivity contribution in [1.29, 1.82) is 0 Å². The summed E-state index contributed by atoms with van der Waals surface area (Å²) in [6.45, 7) is 0.379. The Hall–Kier alpha value is -3.39. The fraction of sp³-hybridized carbons (Fsp3) is 0.0952. The number of rotatable bonds is 5. The summed E-state index contributed by atoms with van der Waals surface area (Å²) in [5.74, 6) is 0.207. The number of hydrogen-bond donors (Lipinski definition) is 2. The topological polar surface area (TPSA) is 88.8 Å². The largest absolute Gasteiger partial charge is 0.497 e. The van der Waals surface area contributed by atoms with Gasteiger partial charge in [0.05, 0.1) is 19.0 Å². The number of benzene rings is 2. The molecule has 0 unspecified atom stereocenters. The van der Waals surface area contributed by atoms with Crippen LogP contribution >= 0.6 is 15.9 Å². The summed E-state index contributed by atoms with van der Waals surface area (Å²) in [4.78, 5) is 17.3. The fourth-order valence-corrected chi connectivity index (χ4v) is 3.40. The summed E-state index contributed by atoms with van der Waals surface area (Å²) in [6.07, 6.45) is 1.40. The van der Waals surface area contributed by atoms with E-state index in [9.17, 15) is 9.90 Å². The van der Waals surface area contributed by atoms with Gasteiger partial charge in [0, 0.05) is 22.6 Å². The second-order valence-electron chi connectivity index (χ2n) is 6.31. The second kappa shape index (κ2) is 7.92. The Labute approximate surface area is 175 Å². The van der Waals surface area contributed by atoms with Gasteiger partial charge in [-0.1, -0.05) is 46.3 Å². The molecule has 7 nitrogen and oxygen atoms in total. The summed E-state index contributed by atoms with van der Waals surface area (Å²) < 4.78 is 7.29. The van der Waals surface area contributed by atoms with Gasteiger partial charge in [0.2, 0.25) is 5.88 Å². The van der Waals surface area contributed by atoms with Gasteiger partial charge in [-0.15, -0.1) is 0 Å². The van der Waals surface area contributed by atoms with Crippen molar-refractivity contribution >= 4 is 27.5 Å². The highest BCUT2D eigenvalue weighted by Crippen LogP contribution is 2.33. The number of halogens is 1. The maximum absolute atomic E-state index is 12.7. The molecule has 2 heterocycles. The summed E-state index contributed by atoms with van der Waals surface area (Å²) in [6, 6.07) is 16.5. The predicted molar refractivity (Wildman–Crippen MR) is 112 cm³/mol. The monoisotopic (exact) mass is 452 g/mol. The number of aromatic nitrogens is 3. The highest BCUT2D eigenvalue weighted by molar-refractivity contribution is 9.10. The molecular weight excluding hydrogens is 436 g/mol. The van der Waals surface area contributed by atoms with E-state index in [0.717, 1.165) is 15.6 Å². The SMILES string of the molecule is COc1ccc(Br)c(-c2cc(O)n3ncc(C(=O)NCc4ccccc4)c3n2)c1. The van der Waals surface area contributed by atoms with Crippen molar-refractivity contribution in [3.05, 3.63) is 76.4 Å². The minimum absolute atomic E-state index is 0.123. The molecule has 0 saturated heterocycles. The number of methoxy groups -OCH3 is 1. The van der Waals surface area contributed by atoms with Crippen LogP contribution in [0.1, 0.15) is 15.9 Å². The van der Waals surface area contributed by atoms with Gasteiger partial charge in [0.15, 0.2) is 5.65 Å². The van der Waals surface area contributed by atoms with Gasteiger partial charge in [-0.3, -0.25) is 4.79 Å². The number of ether oxygens (including phenoxy) is 1. The van der Waals surface area contributed by atoms with Gasteiger partial charge in [-0.2, -0.15) is 9.61 Å². The van der Waals surface area contributed by atoms with Gasteiger partial charge in [-0.05, 0) is 23.8 Å². The molecule has 8 heteroatoms. The second-order valence-corrected chi connectivity index (χ2v) is 7.16. The van der Waals surface area contributed by atoms with Crippen molar-refractivity contribution in [3.8, 4) is 22.9 Å². The highest BCUT2D eigenvalue weighted by atomic mass is 79.9. The van der Waals surface area contributed by atoms with Crippen LogP contribution in [-0.4, -0.2) is 32.7 Å². The molecule has 146 valence electrons. The number of nitrogens with zero attached hydrogens (tertiary/aromatic N) is 3. The molecule has 2 N–H and O–H groups in total. The quantitative estimate of drug-likeness (QED) is 0.480. The third-order valence-electron chi connectivity index (χ3n) is 4.44. The van der Waals surface area contributed by atoms with E-state index < -0.39 is 0 Å². The van der Waals surface area contributed by atoms with Crippen molar-refractivity contribution < 1.29 is 14.6 Å². The van der Waals surface area contributed by atoms with Crippen LogP contribution in [0.4, 0.5) is 0 Å². The molecular formula is C21H17BrN4O3. The number of amides is 1. The molecule has 0 atom stereocenters. The van der Waals surface area contributed by atoms with Crippen molar-refractivity contribution in [1.82, 2.24) is 19.9 Å². The number of nitrogens with one attached hydrogen (secondary N) is 1. The maximum Gasteiger partial charge on any atom is 0.257 e. The maximum atomic E-state index is 12.7. The van der Waals surface area contributed by atoms with Crippen molar-refractivity contribution in [2.75, 3.05) is 7.11 Å². The number of fused-ring (bicyclic) bond motifs is 1. The zero-order valence-corrected chi connectivity index (χ0v) is 17.0. The van der Waals surface area contributed by atoms with E-state index in [4.69, 9.17) is 4.74 Å². The number of carbonyl (C=O) groups is 1. The van der Waals surface area contributed by atoms with Crippen LogP contribution in [0.25, 0.3) is 16.9 Å². The molecule has 0 bridgehead atoms. The van der Waals surface area contributed by atoms with Gasteiger partial charge in [0.1, 0.15) is 11.3 Å². The first-order valence-corrected chi connectivity index (χ1v) is 9.60. The van der Waals surface area contributed by atoms with E-state index in [1.807, 2.05) is 42.5 Å². The molecule has 0 aliphatic rings. The van der Waals surface area contributed by atoms with E-state index in [-0.39, 0.29) is 23.0 Å². The van der Waals surface area contributed by atoms with Crippen LogP contribution in [0.5, 0.6) is 11.6 Å². The Morgan fingerprint density at radius 1 is 1.21 bits per heavy atom. The number of carbonyl (C=O) groups excluding carboxylic acids is 1. The molecule has 4 rings (SSSR count). The van der Waals surface area contributed by atoms with Crippen molar-refractivity contribution in [2.24, 2.45) is 0 Å². The fourth-order valence-electron chi connectivity index (χ4n) is 2.95. The van der Waals surface area contributed by atoms with Crippen LogP contribution in [-0.2, 0) is 6.54 Å². The van der Waals surface area contributed by atoms with Crippen LogP contribution < -0.4 is 10.1 Å². The van der Waals surface area contributed by atoms with E-state index >= 15 is 0 Å². The zero-order valence-electron chi connectivity index (χ0n) is 15.5. The molecule has 0 aliphatic heterocycles. The average Bonchev–Trinajstić information content (AvgIpc) is 3.18. The predicted octanol–water partition coefficient (Wildman–Crippen LogP) is 3.80. The third-order valence-corrected chi connectivity index (χ3v) is 5.13. The molecule has 0 radical (unpaired) electrons. The lowest BCUT2D eigenvalue weighted by Crippen LogP contribution is -2.22. The van der Waals surface area contributed by atoms with E-state index in [1.54, 1.807) is 13.2 Å². The first kappa shape index (κ1) is 18.9. The molecule has 0 saturated carbocycles. The summed E-state index contributed by atoms with van der Waals surface area (Å²) in [7, 11) is 1.58. The van der Waals surface area contributed by atoms with Crippen LogP contribution in [0.3, 0.4) is 0 Å². The minimum atomic E-state index is -0.322. The first-order valence-electron chi connectivity index (χ1n) is 8.80. The standard InChI is InChI=1S/C21H17BrN4O3/c1-29-14-7-8-17(22)15(9-14)18-10-19(27)26-20(25-18)16(12-24-26)21(28)23-11-13-5-3-2-4-6-13/h2-10,12,27H,11H2,1H3,(H,23,28). The molecule has 2 aromatic heterocycles. The third kappa shape index (κ3) is 3.79. The average molecular weight is 453 g/mol. The van der Waals surface area contributed by atoms with E-state index in [0.29, 0.717) is 18.0 Å². The van der Waals surface area contributed by atoms with E-state index in [1.165, 1.54) is 16.8 Å². The number of hydrogen-bond acceptors (Lipinski definition) is 5. The summed E-state index contributed by atoms with van der Waals surface area (Å²) in [5.41, 5.74) is 2.73. The minimum Gasteiger partial charge on any atom is -0.497 e. The Kier molecular flexibility index (Phi) is 5.18. The van der Waals surface area contributed by atoms with Gasteiger partial charge >= 0.3 is 0 Å². The van der Waals surface area contributed by atoms with Crippen molar-refractivity contribution in [3.63, 3.8) is 0 Å². The molecule has 29 heavy (non-hydrogen) atoms. The van der Waals surface area contributed by atoms with Crippen LogP contribution in [0.15, 0.2) is 65.3 Å². The molecule has 4 aromatic rings. The Morgan fingerprint density at radius 2 is 2.00 bits per heavy atom. The van der Waals surface area contributed by atoms with Crippen LogP contribution in [0.2, 0.25) is 0 Å². The Balaban J connectivity index is 1.71. The highest BCUT2D eigenvalue weighted by Gasteiger charge is 2.18. The molecule has 1 amide bonds. The molecule has 0 aliphatic carbocycles.